The average molecular weight is 449 g/mol. The molecule has 1 saturated heterocycles. The molecule has 3 rings (SSSR count). The van der Waals surface area contributed by atoms with Crippen molar-refractivity contribution in [3.63, 3.8) is 0 Å². The molecule has 10 heteroatoms. The molecule has 0 unspecified atom stereocenters. The van der Waals surface area contributed by atoms with E-state index in [1.54, 1.807) is 0 Å². The minimum absolute atomic E-state index is 0.246. The number of carbonyl (C=O) groups is 4. The fourth-order valence-electron chi connectivity index (χ4n) is 4.08. The third kappa shape index (κ3) is 5.37. The SMILES string of the molecule is CC(=O)OC[C@H]1O[C@@H](N2CCc3ccccc32)[C@@H](OC(C)=O)[C@@H](OC(C)=O)[C@H]1OC(C)=O. The van der Waals surface area contributed by atoms with Gasteiger partial charge in [0.15, 0.2) is 24.5 Å². The maximum atomic E-state index is 12.0. The zero-order chi connectivity index (χ0) is 23.4. The van der Waals surface area contributed by atoms with E-state index >= 15 is 0 Å². The highest BCUT2D eigenvalue weighted by Crippen LogP contribution is 2.37. The molecule has 10 nitrogen and oxygen atoms in total. The molecule has 1 aromatic rings. The van der Waals surface area contributed by atoms with Gasteiger partial charge in [-0.25, -0.2) is 0 Å². The van der Waals surface area contributed by atoms with Crippen molar-refractivity contribution in [2.45, 2.75) is 64.8 Å². The number of fused-ring (bicyclic) bond motifs is 1. The smallest absolute Gasteiger partial charge is 0.303 e. The summed E-state index contributed by atoms with van der Waals surface area (Å²) in [6, 6.07) is 7.70. The minimum atomic E-state index is -1.17. The second-order valence-corrected chi connectivity index (χ2v) is 7.66. The van der Waals surface area contributed by atoms with Gasteiger partial charge in [-0.15, -0.1) is 0 Å². The van der Waals surface area contributed by atoms with Gasteiger partial charge in [-0.3, -0.25) is 19.2 Å². The number of rotatable bonds is 6. The number of para-hydroxylation sites is 1. The monoisotopic (exact) mass is 449 g/mol. The molecule has 2 aliphatic heterocycles. The van der Waals surface area contributed by atoms with Crippen molar-refractivity contribution >= 4 is 29.6 Å². The number of ether oxygens (including phenoxy) is 5. The Kier molecular flexibility index (Phi) is 7.34. The summed E-state index contributed by atoms with van der Waals surface area (Å²) >= 11 is 0. The lowest BCUT2D eigenvalue weighted by Gasteiger charge is -2.47. The highest BCUT2D eigenvalue weighted by atomic mass is 16.7. The van der Waals surface area contributed by atoms with Crippen molar-refractivity contribution in [3.05, 3.63) is 29.8 Å². The Morgan fingerprint density at radius 2 is 1.47 bits per heavy atom. The Balaban J connectivity index is 2.03. The average Bonchev–Trinajstić information content (AvgIpc) is 3.12. The predicted molar refractivity (Wildman–Crippen MR) is 109 cm³/mol. The number of benzene rings is 1. The minimum Gasteiger partial charge on any atom is -0.463 e. The lowest BCUT2D eigenvalue weighted by atomic mass is 9.96. The Morgan fingerprint density at radius 3 is 2.09 bits per heavy atom. The van der Waals surface area contributed by atoms with Crippen molar-refractivity contribution in [2.24, 2.45) is 0 Å². The molecule has 0 N–H and O–H groups in total. The molecule has 0 bridgehead atoms. The van der Waals surface area contributed by atoms with Crippen LogP contribution in [0.25, 0.3) is 0 Å². The third-order valence-corrected chi connectivity index (χ3v) is 5.20. The standard InChI is InChI=1S/C22H27NO9/c1-12(24)28-11-18-19(29-13(2)25)20(30-14(3)26)21(31-15(4)27)22(32-18)23-10-9-16-7-5-6-8-17(16)23/h5-8,18-22H,9-11H2,1-4H3/t18-,19+,20+,21+,22-/m1/s1. The van der Waals surface area contributed by atoms with Gasteiger partial charge in [0.2, 0.25) is 0 Å². The van der Waals surface area contributed by atoms with Gasteiger partial charge in [-0.2, -0.15) is 0 Å². The number of esters is 4. The first-order chi connectivity index (χ1) is 15.2. The zero-order valence-corrected chi connectivity index (χ0v) is 18.4. The van der Waals surface area contributed by atoms with Gasteiger partial charge < -0.3 is 28.6 Å². The Hall–Kier alpha value is -3.14. The molecule has 1 fully saturated rings. The van der Waals surface area contributed by atoms with E-state index in [0.717, 1.165) is 17.7 Å². The predicted octanol–water partition coefficient (Wildman–Crippen LogP) is 1.13. The van der Waals surface area contributed by atoms with E-state index in [4.69, 9.17) is 23.7 Å². The zero-order valence-electron chi connectivity index (χ0n) is 18.4. The van der Waals surface area contributed by atoms with Gasteiger partial charge in [0.05, 0.1) is 0 Å². The number of hydrogen-bond acceptors (Lipinski definition) is 10. The summed E-state index contributed by atoms with van der Waals surface area (Å²) in [7, 11) is 0. The molecule has 2 heterocycles. The van der Waals surface area contributed by atoms with Gasteiger partial charge in [-0.1, -0.05) is 18.2 Å². The summed E-state index contributed by atoms with van der Waals surface area (Å²) in [5, 5.41) is 0. The van der Waals surface area contributed by atoms with Gasteiger partial charge in [0.1, 0.15) is 12.7 Å². The topological polar surface area (TPSA) is 118 Å². The fourth-order valence-corrected chi connectivity index (χ4v) is 4.08. The molecule has 0 spiro atoms. The molecule has 32 heavy (non-hydrogen) atoms. The van der Waals surface area contributed by atoms with E-state index in [9.17, 15) is 19.2 Å². The van der Waals surface area contributed by atoms with Crippen molar-refractivity contribution < 1.29 is 42.9 Å². The number of anilines is 1. The maximum absolute atomic E-state index is 12.0. The normalized spacial score (nSPS) is 26.6. The van der Waals surface area contributed by atoms with Crippen molar-refractivity contribution in [1.29, 1.82) is 0 Å². The van der Waals surface area contributed by atoms with Crippen LogP contribution in [-0.4, -0.2) is 67.7 Å². The Bertz CT molecular complexity index is 886. The molecule has 0 radical (unpaired) electrons. The Morgan fingerprint density at radius 1 is 0.875 bits per heavy atom. The van der Waals surface area contributed by atoms with Crippen LogP contribution in [-0.2, 0) is 49.3 Å². The summed E-state index contributed by atoms with van der Waals surface area (Å²) in [5.41, 5.74) is 1.97. The van der Waals surface area contributed by atoms with Crippen LogP contribution in [0.2, 0.25) is 0 Å². The van der Waals surface area contributed by atoms with E-state index in [-0.39, 0.29) is 6.61 Å². The molecular weight excluding hydrogens is 422 g/mol. The second-order valence-electron chi connectivity index (χ2n) is 7.66. The molecule has 0 amide bonds. The van der Waals surface area contributed by atoms with E-state index < -0.39 is 54.5 Å². The molecule has 5 atom stereocenters. The number of carbonyl (C=O) groups excluding carboxylic acids is 4. The lowest BCUT2D eigenvalue weighted by Crippen LogP contribution is -2.66. The quantitative estimate of drug-likeness (QED) is 0.462. The molecular formula is C22H27NO9. The van der Waals surface area contributed by atoms with E-state index in [1.165, 1.54) is 27.7 Å². The molecule has 1 aromatic carbocycles. The van der Waals surface area contributed by atoms with E-state index in [2.05, 4.69) is 0 Å². The first-order valence-electron chi connectivity index (χ1n) is 10.3. The van der Waals surface area contributed by atoms with Crippen LogP contribution in [0.4, 0.5) is 5.69 Å². The summed E-state index contributed by atoms with van der Waals surface area (Å²) in [6.07, 6.45) is -4.53. The lowest BCUT2D eigenvalue weighted by molar-refractivity contribution is -0.252. The van der Waals surface area contributed by atoms with Gasteiger partial charge >= 0.3 is 23.9 Å². The number of nitrogens with zero attached hydrogens (tertiary/aromatic N) is 1. The molecule has 174 valence electrons. The van der Waals surface area contributed by atoms with Crippen LogP contribution in [0.3, 0.4) is 0 Å². The highest BCUT2D eigenvalue weighted by molar-refractivity contribution is 5.69. The van der Waals surface area contributed by atoms with E-state index in [0.29, 0.717) is 6.54 Å². The van der Waals surface area contributed by atoms with Crippen LogP contribution >= 0.6 is 0 Å². The maximum Gasteiger partial charge on any atom is 0.303 e. The molecule has 0 aliphatic carbocycles. The van der Waals surface area contributed by atoms with Crippen LogP contribution in [0.5, 0.6) is 0 Å². The summed E-state index contributed by atoms with van der Waals surface area (Å²) in [4.78, 5) is 49.0. The van der Waals surface area contributed by atoms with Gasteiger partial charge in [-0.05, 0) is 18.1 Å². The second kappa shape index (κ2) is 9.99. The third-order valence-electron chi connectivity index (χ3n) is 5.20. The fraction of sp³-hybridized carbons (Fsp3) is 0.545. The van der Waals surface area contributed by atoms with Crippen LogP contribution in [0.1, 0.15) is 33.3 Å². The molecule has 0 aromatic heterocycles. The van der Waals surface area contributed by atoms with Crippen LogP contribution < -0.4 is 4.90 Å². The first kappa shape index (κ1) is 23.5. The largest absolute Gasteiger partial charge is 0.463 e. The van der Waals surface area contributed by atoms with Crippen molar-refractivity contribution in [2.75, 3.05) is 18.1 Å². The molecule has 2 aliphatic rings. The Labute approximate surface area is 185 Å². The van der Waals surface area contributed by atoms with Crippen LogP contribution in [0, 0.1) is 0 Å². The summed E-state index contributed by atoms with van der Waals surface area (Å²) in [5.74, 6) is -2.48. The van der Waals surface area contributed by atoms with Crippen LogP contribution in [0.15, 0.2) is 24.3 Å². The van der Waals surface area contributed by atoms with E-state index in [1.807, 2.05) is 29.2 Å². The van der Waals surface area contributed by atoms with Gasteiger partial charge in [0.25, 0.3) is 0 Å². The molecule has 0 saturated carbocycles. The summed E-state index contributed by atoms with van der Waals surface area (Å²) < 4.78 is 27.8. The van der Waals surface area contributed by atoms with Gasteiger partial charge in [0, 0.05) is 39.9 Å². The van der Waals surface area contributed by atoms with Crippen molar-refractivity contribution in [3.8, 4) is 0 Å². The highest BCUT2D eigenvalue weighted by Gasteiger charge is 2.54. The first-order valence-corrected chi connectivity index (χ1v) is 10.3. The van der Waals surface area contributed by atoms with Crippen molar-refractivity contribution in [1.82, 2.24) is 0 Å². The number of hydrogen-bond donors (Lipinski definition) is 0. The summed E-state index contributed by atoms with van der Waals surface area (Å²) in [6.45, 7) is 5.18.